The lowest BCUT2D eigenvalue weighted by Crippen LogP contribution is -2.23. The summed E-state index contributed by atoms with van der Waals surface area (Å²) in [6.07, 6.45) is 1.43. The van der Waals surface area contributed by atoms with Gasteiger partial charge in [-0.05, 0) is 42.8 Å². The van der Waals surface area contributed by atoms with Crippen LogP contribution in [0, 0.1) is 0 Å². The van der Waals surface area contributed by atoms with Crippen molar-refractivity contribution < 1.29 is 14.0 Å². The van der Waals surface area contributed by atoms with Gasteiger partial charge in [0, 0.05) is 36.0 Å². The summed E-state index contributed by atoms with van der Waals surface area (Å²) in [4.78, 5) is 39.6. The number of H-pyrrole nitrogens is 1. The number of carbonyl (C=O) groups is 2. The molecule has 0 bridgehead atoms. The number of aromatic amines is 1. The van der Waals surface area contributed by atoms with Crippen molar-refractivity contribution in [3.63, 3.8) is 0 Å². The molecule has 1 aliphatic heterocycles. The van der Waals surface area contributed by atoms with E-state index in [4.69, 9.17) is 4.42 Å². The number of nitrogens with one attached hydrogen (secondary N) is 2. The standard InChI is InChI=1S/C18H15N3O4/c22-16-2-1-9-21(16)13-6-3-11(4-7-13)17(23)19-12-5-8-14-15(10-12)25-18(24)20-14/h3-8,10H,1-2,9H2,(H,19,23)(H,20,24). The van der Waals surface area contributed by atoms with Gasteiger partial charge in [0.05, 0.1) is 5.52 Å². The zero-order valence-corrected chi connectivity index (χ0v) is 13.2. The molecule has 2 N–H and O–H groups in total. The highest BCUT2D eigenvalue weighted by Gasteiger charge is 2.21. The number of aromatic nitrogens is 1. The second-order valence-electron chi connectivity index (χ2n) is 5.88. The highest BCUT2D eigenvalue weighted by molar-refractivity contribution is 6.05. The summed E-state index contributed by atoms with van der Waals surface area (Å²) in [5.74, 6) is -0.708. The molecule has 0 radical (unpaired) electrons. The fraction of sp³-hybridized carbons (Fsp3) is 0.167. The molecule has 1 aromatic heterocycles. The minimum atomic E-state index is -0.537. The minimum Gasteiger partial charge on any atom is -0.408 e. The fourth-order valence-electron chi connectivity index (χ4n) is 2.94. The second-order valence-corrected chi connectivity index (χ2v) is 5.88. The molecule has 1 saturated heterocycles. The molecule has 25 heavy (non-hydrogen) atoms. The number of carbonyl (C=O) groups excluding carboxylic acids is 2. The van der Waals surface area contributed by atoms with Crippen molar-refractivity contribution in [2.75, 3.05) is 16.8 Å². The Morgan fingerprint density at radius 2 is 1.92 bits per heavy atom. The van der Waals surface area contributed by atoms with E-state index in [0.717, 1.165) is 12.1 Å². The summed E-state index contributed by atoms with van der Waals surface area (Å²) in [6, 6.07) is 11.8. The molecular formula is C18H15N3O4. The van der Waals surface area contributed by atoms with E-state index in [2.05, 4.69) is 10.3 Å². The van der Waals surface area contributed by atoms with Gasteiger partial charge in [-0.2, -0.15) is 0 Å². The zero-order valence-electron chi connectivity index (χ0n) is 13.2. The molecular weight excluding hydrogens is 322 g/mol. The molecule has 0 unspecified atom stereocenters. The average molecular weight is 337 g/mol. The summed E-state index contributed by atoms with van der Waals surface area (Å²) in [7, 11) is 0. The SMILES string of the molecule is O=C(Nc1ccc2[nH]c(=O)oc2c1)c1ccc(N2CCCC2=O)cc1. The van der Waals surface area contributed by atoms with Crippen LogP contribution in [0.15, 0.2) is 51.7 Å². The first-order chi connectivity index (χ1) is 12.1. The maximum absolute atomic E-state index is 12.4. The Bertz CT molecular complexity index is 1020. The summed E-state index contributed by atoms with van der Waals surface area (Å²) in [6.45, 7) is 0.715. The van der Waals surface area contributed by atoms with E-state index in [0.29, 0.717) is 35.3 Å². The molecule has 7 heteroatoms. The molecule has 4 rings (SSSR count). The van der Waals surface area contributed by atoms with E-state index in [-0.39, 0.29) is 11.8 Å². The van der Waals surface area contributed by atoms with Crippen molar-refractivity contribution in [2.45, 2.75) is 12.8 Å². The maximum Gasteiger partial charge on any atom is 0.417 e. The molecule has 1 aliphatic rings. The lowest BCUT2D eigenvalue weighted by molar-refractivity contribution is -0.117. The molecule has 2 amide bonds. The summed E-state index contributed by atoms with van der Waals surface area (Å²) >= 11 is 0. The second kappa shape index (κ2) is 5.94. The first kappa shape index (κ1) is 15.2. The number of benzene rings is 2. The van der Waals surface area contributed by atoms with Gasteiger partial charge >= 0.3 is 5.76 Å². The van der Waals surface area contributed by atoms with Crippen molar-refractivity contribution in [1.82, 2.24) is 4.98 Å². The minimum absolute atomic E-state index is 0.110. The van der Waals surface area contributed by atoms with Crippen LogP contribution in [0.25, 0.3) is 11.1 Å². The maximum atomic E-state index is 12.4. The Balaban J connectivity index is 1.51. The van der Waals surface area contributed by atoms with Crippen molar-refractivity contribution >= 4 is 34.3 Å². The average Bonchev–Trinajstić information content (AvgIpc) is 3.19. The van der Waals surface area contributed by atoms with Gasteiger partial charge in [0.25, 0.3) is 5.91 Å². The fourth-order valence-corrected chi connectivity index (χ4v) is 2.94. The third kappa shape index (κ3) is 2.91. The lowest BCUT2D eigenvalue weighted by atomic mass is 10.1. The molecule has 0 aliphatic carbocycles. The van der Waals surface area contributed by atoms with Crippen molar-refractivity contribution in [2.24, 2.45) is 0 Å². The van der Waals surface area contributed by atoms with Gasteiger partial charge in [-0.3, -0.25) is 14.6 Å². The lowest BCUT2D eigenvalue weighted by Gasteiger charge is -2.15. The molecule has 2 heterocycles. The number of nitrogens with zero attached hydrogens (tertiary/aromatic N) is 1. The van der Waals surface area contributed by atoms with Gasteiger partial charge in [-0.15, -0.1) is 0 Å². The molecule has 0 saturated carbocycles. The molecule has 0 spiro atoms. The topological polar surface area (TPSA) is 95.4 Å². The van der Waals surface area contributed by atoms with E-state index in [9.17, 15) is 14.4 Å². The van der Waals surface area contributed by atoms with Gasteiger partial charge in [0.15, 0.2) is 5.58 Å². The Labute approximate surface area is 142 Å². The Morgan fingerprint density at radius 1 is 1.12 bits per heavy atom. The third-order valence-electron chi connectivity index (χ3n) is 4.19. The van der Waals surface area contributed by atoms with Gasteiger partial charge in [0.2, 0.25) is 5.91 Å². The molecule has 1 fully saturated rings. The number of fused-ring (bicyclic) bond motifs is 1. The van der Waals surface area contributed by atoms with E-state index in [1.54, 1.807) is 47.4 Å². The van der Waals surface area contributed by atoms with Crippen LogP contribution in [0.2, 0.25) is 0 Å². The van der Waals surface area contributed by atoms with Crippen molar-refractivity contribution in [3.8, 4) is 0 Å². The van der Waals surface area contributed by atoms with Crippen LogP contribution in [0.3, 0.4) is 0 Å². The van der Waals surface area contributed by atoms with Gasteiger partial charge in [-0.25, -0.2) is 4.79 Å². The number of hydrogen-bond donors (Lipinski definition) is 2. The van der Waals surface area contributed by atoms with Crippen LogP contribution in [0.4, 0.5) is 11.4 Å². The monoisotopic (exact) mass is 337 g/mol. The third-order valence-corrected chi connectivity index (χ3v) is 4.19. The van der Waals surface area contributed by atoms with E-state index >= 15 is 0 Å². The summed E-state index contributed by atoms with van der Waals surface area (Å²) in [5, 5.41) is 2.76. The summed E-state index contributed by atoms with van der Waals surface area (Å²) in [5.41, 5.74) is 2.76. The molecule has 0 atom stereocenters. The van der Waals surface area contributed by atoms with Gasteiger partial charge in [-0.1, -0.05) is 0 Å². The van der Waals surface area contributed by atoms with Crippen LogP contribution in [-0.4, -0.2) is 23.3 Å². The predicted octanol–water partition coefficient (Wildman–Crippen LogP) is 2.50. The first-order valence-corrected chi connectivity index (χ1v) is 7.95. The van der Waals surface area contributed by atoms with Crippen LogP contribution in [0.5, 0.6) is 0 Å². The molecule has 126 valence electrons. The van der Waals surface area contributed by atoms with Gasteiger partial charge < -0.3 is 14.6 Å². The van der Waals surface area contributed by atoms with Crippen molar-refractivity contribution in [1.29, 1.82) is 0 Å². The van der Waals surface area contributed by atoms with Crippen LogP contribution < -0.4 is 16.0 Å². The highest BCUT2D eigenvalue weighted by atomic mass is 16.4. The first-order valence-electron chi connectivity index (χ1n) is 7.95. The van der Waals surface area contributed by atoms with Crippen LogP contribution >= 0.6 is 0 Å². The normalized spacial score (nSPS) is 14.2. The number of oxazole rings is 1. The molecule has 2 aromatic carbocycles. The number of hydrogen-bond acceptors (Lipinski definition) is 4. The summed E-state index contributed by atoms with van der Waals surface area (Å²) < 4.78 is 4.98. The Kier molecular flexibility index (Phi) is 3.61. The van der Waals surface area contributed by atoms with E-state index < -0.39 is 5.76 Å². The van der Waals surface area contributed by atoms with E-state index in [1.165, 1.54) is 0 Å². The van der Waals surface area contributed by atoms with E-state index in [1.807, 2.05) is 0 Å². The molecule has 3 aromatic rings. The molecule has 7 nitrogen and oxygen atoms in total. The number of anilines is 2. The Hall–Kier alpha value is -3.35. The number of rotatable bonds is 3. The highest BCUT2D eigenvalue weighted by Crippen LogP contribution is 2.22. The smallest absolute Gasteiger partial charge is 0.408 e. The zero-order chi connectivity index (χ0) is 17.4. The van der Waals surface area contributed by atoms with Crippen LogP contribution in [-0.2, 0) is 4.79 Å². The largest absolute Gasteiger partial charge is 0.417 e. The van der Waals surface area contributed by atoms with Crippen molar-refractivity contribution in [3.05, 3.63) is 58.6 Å². The van der Waals surface area contributed by atoms with Crippen LogP contribution in [0.1, 0.15) is 23.2 Å². The quantitative estimate of drug-likeness (QED) is 0.767. The Morgan fingerprint density at radius 3 is 2.64 bits per heavy atom. The predicted molar refractivity (Wildman–Crippen MR) is 92.8 cm³/mol. The van der Waals surface area contributed by atoms with Gasteiger partial charge in [0.1, 0.15) is 0 Å². The number of amides is 2.